The van der Waals surface area contributed by atoms with Gasteiger partial charge in [-0.3, -0.25) is 4.79 Å². The number of amides is 1. The number of methoxy groups -OCH3 is 1. The first-order valence-electron chi connectivity index (χ1n) is 10.1. The first-order chi connectivity index (χ1) is 14.4. The van der Waals surface area contributed by atoms with Crippen molar-refractivity contribution in [3.63, 3.8) is 0 Å². The third kappa shape index (κ3) is 5.01. The van der Waals surface area contributed by atoms with Crippen LogP contribution in [0.5, 0.6) is 23.0 Å². The summed E-state index contributed by atoms with van der Waals surface area (Å²) in [5.74, 6) is 2.53. The maximum atomic E-state index is 13.1. The third-order valence-corrected chi connectivity index (χ3v) is 5.45. The molecule has 2 aromatic carbocycles. The van der Waals surface area contributed by atoms with E-state index in [1.165, 1.54) is 0 Å². The summed E-state index contributed by atoms with van der Waals surface area (Å²) in [7, 11) is 1.56. The van der Waals surface area contributed by atoms with Gasteiger partial charge >= 0.3 is 0 Å². The molecule has 30 heavy (non-hydrogen) atoms. The fourth-order valence-corrected chi connectivity index (χ4v) is 3.92. The summed E-state index contributed by atoms with van der Waals surface area (Å²) in [5.41, 5.74) is 1.46. The summed E-state index contributed by atoms with van der Waals surface area (Å²) in [6.07, 6.45) is 0.850. The Morgan fingerprint density at radius 1 is 1.17 bits per heavy atom. The van der Waals surface area contributed by atoms with Crippen LogP contribution < -0.4 is 24.3 Å². The highest BCUT2D eigenvalue weighted by atomic mass is 79.9. The predicted molar refractivity (Wildman–Crippen MR) is 119 cm³/mol. The summed E-state index contributed by atoms with van der Waals surface area (Å²) in [4.78, 5) is 13.1. The van der Waals surface area contributed by atoms with Crippen molar-refractivity contribution in [2.75, 3.05) is 26.9 Å². The first-order valence-corrected chi connectivity index (χ1v) is 10.9. The molecule has 7 heteroatoms. The van der Waals surface area contributed by atoms with E-state index < -0.39 is 0 Å². The molecule has 0 saturated heterocycles. The third-order valence-electron chi connectivity index (χ3n) is 4.86. The lowest BCUT2D eigenvalue weighted by Crippen LogP contribution is -2.31. The average Bonchev–Trinajstić information content (AvgIpc) is 2.97. The number of ether oxygens (including phenoxy) is 4. The lowest BCUT2D eigenvalue weighted by Gasteiger charge is -2.24. The lowest BCUT2D eigenvalue weighted by atomic mass is 9.95. The van der Waals surface area contributed by atoms with Crippen LogP contribution in [0.1, 0.15) is 49.2 Å². The number of halogens is 1. The molecule has 1 atom stereocenters. The smallest absolute Gasteiger partial charge is 0.251 e. The van der Waals surface area contributed by atoms with Gasteiger partial charge in [-0.2, -0.15) is 0 Å². The van der Waals surface area contributed by atoms with Crippen molar-refractivity contribution >= 4 is 21.8 Å². The quantitative estimate of drug-likeness (QED) is 0.597. The molecule has 3 rings (SSSR count). The molecule has 0 fully saturated rings. The molecule has 0 bridgehead atoms. The van der Waals surface area contributed by atoms with Crippen LogP contribution in [0, 0.1) is 5.92 Å². The van der Waals surface area contributed by atoms with Gasteiger partial charge < -0.3 is 24.3 Å². The van der Waals surface area contributed by atoms with Crippen LogP contribution in [0.25, 0.3) is 0 Å². The second-order valence-corrected chi connectivity index (χ2v) is 8.23. The first kappa shape index (κ1) is 22.3. The van der Waals surface area contributed by atoms with Gasteiger partial charge in [-0.25, -0.2) is 0 Å². The minimum absolute atomic E-state index is 0.173. The number of hydrogen-bond acceptors (Lipinski definition) is 5. The molecule has 2 aromatic rings. The van der Waals surface area contributed by atoms with Crippen LogP contribution in [-0.2, 0) is 0 Å². The Morgan fingerprint density at radius 3 is 2.57 bits per heavy atom. The number of nitrogens with one attached hydrogen (secondary N) is 1. The molecule has 0 aliphatic carbocycles. The lowest BCUT2D eigenvalue weighted by molar-refractivity contribution is 0.0925. The molecule has 1 N–H and O–H groups in total. The summed E-state index contributed by atoms with van der Waals surface area (Å²) >= 11 is 3.48. The molecule has 0 spiro atoms. The molecule has 1 amide bonds. The van der Waals surface area contributed by atoms with Crippen LogP contribution in [0.2, 0.25) is 0 Å². The molecule has 1 unspecified atom stereocenters. The van der Waals surface area contributed by atoms with Gasteiger partial charge in [0.1, 0.15) is 0 Å². The van der Waals surface area contributed by atoms with Gasteiger partial charge in [-0.05, 0) is 58.6 Å². The van der Waals surface area contributed by atoms with Crippen molar-refractivity contribution in [2.45, 2.75) is 33.2 Å². The molecule has 1 aliphatic rings. The van der Waals surface area contributed by atoms with Crippen molar-refractivity contribution in [3.8, 4) is 23.0 Å². The maximum absolute atomic E-state index is 13.1. The van der Waals surface area contributed by atoms with Gasteiger partial charge in [0.25, 0.3) is 5.91 Å². The van der Waals surface area contributed by atoms with Crippen LogP contribution in [0.3, 0.4) is 0 Å². The second kappa shape index (κ2) is 10.1. The van der Waals surface area contributed by atoms with Gasteiger partial charge in [-0.1, -0.05) is 19.9 Å². The molecule has 6 nitrogen and oxygen atoms in total. The molecular weight excluding hydrogens is 450 g/mol. The standard InChI is InChI=1S/C23H28BrNO5/c1-5-28-22-17(24)11-16(13-20(22)27-4)23(26)25-21(14(2)3)15-7-8-18-19(12-15)30-10-6-9-29-18/h7-8,11-14,21H,5-6,9-10H2,1-4H3,(H,25,26). The number of hydrogen-bond donors (Lipinski definition) is 1. The van der Waals surface area contributed by atoms with Gasteiger partial charge in [-0.15, -0.1) is 0 Å². The van der Waals surface area contributed by atoms with Gasteiger partial charge in [0, 0.05) is 12.0 Å². The molecule has 162 valence electrons. The summed E-state index contributed by atoms with van der Waals surface area (Å²) < 4.78 is 23.2. The van der Waals surface area contributed by atoms with E-state index in [4.69, 9.17) is 18.9 Å². The zero-order chi connectivity index (χ0) is 21.7. The fourth-order valence-electron chi connectivity index (χ4n) is 3.37. The Labute approximate surface area is 186 Å². The van der Waals surface area contributed by atoms with Crippen molar-refractivity contribution in [1.29, 1.82) is 0 Å². The minimum atomic E-state index is -0.192. The van der Waals surface area contributed by atoms with E-state index in [1.54, 1.807) is 19.2 Å². The van der Waals surface area contributed by atoms with Crippen molar-refractivity contribution in [3.05, 3.63) is 45.9 Å². The van der Waals surface area contributed by atoms with E-state index in [2.05, 4.69) is 35.1 Å². The Kier molecular flexibility index (Phi) is 7.48. The molecule has 0 saturated carbocycles. The molecule has 1 heterocycles. The fraction of sp³-hybridized carbons (Fsp3) is 0.435. The zero-order valence-corrected chi connectivity index (χ0v) is 19.4. The topological polar surface area (TPSA) is 66.0 Å². The van der Waals surface area contributed by atoms with Crippen LogP contribution in [0.15, 0.2) is 34.8 Å². The van der Waals surface area contributed by atoms with Crippen LogP contribution in [0.4, 0.5) is 0 Å². The zero-order valence-electron chi connectivity index (χ0n) is 17.8. The number of rotatable bonds is 7. The molecule has 0 radical (unpaired) electrons. The van der Waals surface area contributed by atoms with E-state index >= 15 is 0 Å². The highest BCUT2D eigenvalue weighted by molar-refractivity contribution is 9.10. The van der Waals surface area contributed by atoms with E-state index in [-0.39, 0.29) is 17.9 Å². The highest BCUT2D eigenvalue weighted by Gasteiger charge is 2.23. The monoisotopic (exact) mass is 477 g/mol. The Bertz CT molecular complexity index is 899. The number of carbonyl (C=O) groups excluding carboxylic acids is 1. The molecular formula is C23H28BrNO5. The van der Waals surface area contributed by atoms with Gasteiger partial charge in [0.05, 0.1) is 37.4 Å². The summed E-state index contributed by atoms with van der Waals surface area (Å²) in [6.45, 7) is 7.81. The van der Waals surface area contributed by atoms with Gasteiger partial charge in [0.2, 0.25) is 0 Å². The van der Waals surface area contributed by atoms with E-state index in [1.807, 2.05) is 25.1 Å². The Morgan fingerprint density at radius 2 is 1.90 bits per heavy atom. The van der Waals surface area contributed by atoms with Crippen LogP contribution >= 0.6 is 15.9 Å². The van der Waals surface area contributed by atoms with Crippen molar-refractivity contribution in [2.24, 2.45) is 5.92 Å². The SMILES string of the molecule is CCOc1c(Br)cc(C(=O)NC(c2ccc3c(c2)OCCCO3)C(C)C)cc1OC. The molecule has 0 aromatic heterocycles. The van der Waals surface area contributed by atoms with E-state index in [0.717, 1.165) is 23.5 Å². The normalized spacial score (nSPS) is 14.1. The Balaban J connectivity index is 1.86. The van der Waals surface area contributed by atoms with Crippen LogP contribution in [-0.4, -0.2) is 32.8 Å². The highest BCUT2D eigenvalue weighted by Crippen LogP contribution is 2.37. The van der Waals surface area contributed by atoms with E-state index in [9.17, 15) is 4.79 Å². The summed E-state index contributed by atoms with van der Waals surface area (Å²) in [6, 6.07) is 9.09. The molecule has 1 aliphatic heterocycles. The van der Waals surface area contributed by atoms with Crippen molar-refractivity contribution < 1.29 is 23.7 Å². The van der Waals surface area contributed by atoms with Gasteiger partial charge in [0.15, 0.2) is 23.0 Å². The second-order valence-electron chi connectivity index (χ2n) is 7.37. The van der Waals surface area contributed by atoms with E-state index in [0.29, 0.717) is 41.4 Å². The number of fused-ring (bicyclic) bond motifs is 1. The predicted octanol–water partition coefficient (Wildman–Crippen LogP) is 5.14. The number of carbonyl (C=O) groups is 1. The van der Waals surface area contributed by atoms with Crippen molar-refractivity contribution in [1.82, 2.24) is 5.32 Å². The average molecular weight is 478 g/mol. The maximum Gasteiger partial charge on any atom is 0.251 e. The largest absolute Gasteiger partial charge is 0.493 e. The summed E-state index contributed by atoms with van der Waals surface area (Å²) in [5, 5.41) is 3.15. The Hall–Kier alpha value is -2.41. The number of benzene rings is 2. The minimum Gasteiger partial charge on any atom is -0.493 e.